The van der Waals surface area contributed by atoms with E-state index in [0.717, 1.165) is 37.2 Å². The Bertz CT molecular complexity index is 548. The summed E-state index contributed by atoms with van der Waals surface area (Å²) >= 11 is 0. The van der Waals surface area contributed by atoms with Gasteiger partial charge in [-0.1, -0.05) is 25.0 Å². The van der Waals surface area contributed by atoms with E-state index in [1.165, 1.54) is 25.7 Å². The van der Waals surface area contributed by atoms with Gasteiger partial charge in [-0.15, -0.1) is 0 Å². The zero-order valence-corrected chi connectivity index (χ0v) is 12.5. The number of anilines is 1. The normalized spacial score (nSPS) is 27.9. The van der Waals surface area contributed by atoms with E-state index in [1.54, 1.807) is 0 Å². The third-order valence-corrected chi connectivity index (χ3v) is 5.52. The van der Waals surface area contributed by atoms with Crippen molar-refractivity contribution >= 4 is 11.5 Å². The second-order valence-electron chi connectivity index (χ2n) is 6.77. The van der Waals surface area contributed by atoms with Crippen LogP contribution in [0.4, 0.5) is 5.69 Å². The van der Waals surface area contributed by atoms with E-state index in [2.05, 4.69) is 17.0 Å². The van der Waals surface area contributed by atoms with E-state index < -0.39 is 0 Å². The van der Waals surface area contributed by atoms with Crippen LogP contribution in [0.1, 0.15) is 55.3 Å². The summed E-state index contributed by atoms with van der Waals surface area (Å²) in [7, 11) is 0. The summed E-state index contributed by atoms with van der Waals surface area (Å²) in [6, 6.07) is 8.65. The summed E-state index contributed by atoms with van der Waals surface area (Å²) in [4.78, 5) is 14.6. The zero-order chi connectivity index (χ0) is 14.3. The predicted molar refractivity (Wildman–Crippen MR) is 82.9 cm³/mol. The van der Waals surface area contributed by atoms with Crippen LogP contribution in [0.2, 0.25) is 0 Å². The van der Waals surface area contributed by atoms with Crippen molar-refractivity contribution < 1.29 is 9.53 Å². The van der Waals surface area contributed by atoms with Gasteiger partial charge in [-0.25, -0.2) is 0 Å². The summed E-state index contributed by atoms with van der Waals surface area (Å²) in [6.07, 6.45) is 7.93. The first-order chi connectivity index (χ1) is 10.3. The predicted octanol–water partition coefficient (Wildman–Crippen LogP) is 3.57. The van der Waals surface area contributed by atoms with Crippen LogP contribution >= 0.6 is 0 Å². The second kappa shape index (κ2) is 5.13. The molecule has 1 aliphatic carbocycles. The first-order valence-corrected chi connectivity index (χ1v) is 8.30. The van der Waals surface area contributed by atoms with Crippen molar-refractivity contribution in [2.24, 2.45) is 0 Å². The summed E-state index contributed by atoms with van der Waals surface area (Å²) in [6.45, 7) is 1.74. The number of carbonyl (C=O) groups excluding carboxylic acids is 1. The molecule has 112 valence electrons. The number of ether oxygens (including phenoxy) is 1. The Hall–Kier alpha value is -1.35. The summed E-state index contributed by atoms with van der Waals surface area (Å²) < 4.78 is 6.16. The van der Waals surface area contributed by atoms with E-state index in [9.17, 15) is 4.79 Å². The number of fused-ring (bicyclic) bond motifs is 1. The van der Waals surface area contributed by atoms with Gasteiger partial charge >= 0.3 is 0 Å². The zero-order valence-electron chi connectivity index (χ0n) is 12.5. The molecule has 1 unspecified atom stereocenters. The minimum atomic E-state index is 0.138. The smallest absolute Gasteiger partial charge is 0.166 e. The monoisotopic (exact) mass is 285 g/mol. The Morgan fingerprint density at radius 1 is 1.19 bits per heavy atom. The van der Waals surface area contributed by atoms with Gasteiger partial charge in [0.2, 0.25) is 0 Å². The molecule has 3 aliphatic rings. The molecule has 0 radical (unpaired) electrons. The van der Waals surface area contributed by atoms with Crippen LogP contribution in [0.5, 0.6) is 0 Å². The van der Waals surface area contributed by atoms with Crippen LogP contribution < -0.4 is 4.90 Å². The quantitative estimate of drug-likeness (QED) is 0.790. The van der Waals surface area contributed by atoms with Gasteiger partial charge in [0.1, 0.15) is 0 Å². The number of ketones is 1. The summed E-state index contributed by atoms with van der Waals surface area (Å²) in [5, 5.41) is 0. The van der Waals surface area contributed by atoms with Gasteiger partial charge in [-0.3, -0.25) is 4.79 Å². The van der Waals surface area contributed by atoms with Gasteiger partial charge in [-0.05, 0) is 37.8 Å². The van der Waals surface area contributed by atoms with E-state index in [-0.39, 0.29) is 5.60 Å². The lowest BCUT2D eigenvalue weighted by Crippen LogP contribution is -2.49. The van der Waals surface area contributed by atoms with Crippen molar-refractivity contribution in [2.45, 2.75) is 56.6 Å². The van der Waals surface area contributed by atoms with Crippen molar-refractivity contribution in [3.05, 3.63) is 29.8 Å². The van der Waals surface area contributed by atoms with Crippen LogP contribution in [0.25, 0.3) is 0 Å². The lowest BCUT2D eigenvalue weighted by atomic mass is 9.86. The fourth-order valence-electron chi connectivity index (χ4n) is 4.45. The molecule has 1 spiro atoms. The molecule has 2 heterocycles. The third kappa shape index (κ3) is 2.28. The van der Waals surface area contributed by atoms with Gasteiger partial charge in [0.05, 0.1) is 5.60 Å². The first kappa shape index (κ1) is 13.3. The van der Waals surface area contributed by atoms with Crippen molar-refractivity contribution in [3.8, 4) is 0 Å². The lowest BCUT2D eigenvalue weighted by Gasteiger charge is -2.45. The van der Waals surface area contributed by atoms with Crippen molar-refractivity contribution in [1.82, 2.24) is 0 Å². The second-order valence-corrected chi connectivity index (χ2v) is 6.77. The molecule has 2 fully saturated rings. The number of Topliss-reactive ketones (excluding diaryl/α,β-unsaturated/α-hetero) is 1. The van der Waals surface area contributed by atoms with Crippen LogP contribution in [0.15, 0.2) is 24.3 Å². The fraction of sp³-hybridized carbons (Fsp3) is 0.611. The van der Waals surface area contributed by atoms with E-state index in [4.69, 9.17) is 4.74 Å². The Kier molecular flexibility index (Phi) is 3.26. The molecule has 1 aromatic rings. The molecule has 4 rings (SSSR count). The molecule has 0 amide bonds. The maximum atomic E-state index is 12.1. The maximum absolute atomic E-state index is 12.1. The van der Waals surface area contributed by atoms with E-state index >= 15 is 0 Å². The number of para-hydroxylation sites is 1. The number of carbonyl (C=O) groups is 1. The number of nitrogens with zero attached hydrogens (tertiary/aromatic N) is 1. The molecule has 0 N–H and O–H groups in total. The van der Waals surface area contributed by atoms with Gasteiger partial charge < -0.3 is 9.64 Å². The molecule has 0 aromatic heterocycles. The number of benzene rings is 1. The van der Waals surface area contributed by atoms with E-state index in [0.29, 0.717) is 18.2 Å². The average molecular weight is 285 g/mol. The molecule has 1 aromatic carbocycles. The molecule has 21 heavy (non-hydrogen) atoms. The number of rotatable bonds is 1. The topological polar surface area (TPSA) is 29.5 Å². The Morgan fingerprint density at radius 3 is 2.86 bits per heavy atom. The van der Waals surface area contributed by atoms with Crippen LogP contribution in [0, 0.1) is 0 Å². The van der Waals surface area contributed by atoms with Crippen LogP contribution in [0.3, 0.4) is 0 Å². The molecule has 3 nitrogen and oxygen atoms in total. The van der Waals surface area contributed by atoms with Crippen LogP contribution in [-0.2, 0) is 4.74 Å². The molecular weight excluding hydrogens is 262 g/mol. The molecule has 0 bridgehead atoms. The average Bonchev–Trinajstić information content (AvgIpc) is 2.96. The molecule has 2 aliphatic heterocycles. The maximum Gasteiger partial charge on any atom is 0.166 e. The van der Waals surface area contributed by atoms with Gasteiger partial charge in [0, 0.05) is 36.9 Å². The van der Waals surface area contributed by atoms with Crippen LogP contribution in [-0.4, -0.2) is 30.6 Å². The fourth-order valence-corrected chi connectivity index (χ4v) is 4.45. The summed E-state index contributed by atoms with van der Waals surface area (Å²) in [5.74, 6) is 0.296. The molecule has 3 heteroatoms. The largest absolute Gasteiger partial charge is 0.375 e. The van der Waals surface area contributed by atoms with Crippen molar-refractivity contribution in [2.75, 3.05) is 18.1 Å². The standard InChI is InChI=1S/C18H23NO2/c20-17-7-11-19(16-6-2-1-5-15(16)17)14-8-12-21-18(13-14)9-3-4-10-18/h1-2,5-6,14H,3-4,7-13H2. The Morgan fingerprint density at radius 2 is 2.00 bits per heavy atom. The molecule has 1 saturated heterocycles. The van der Waals surface area contributed by atoms with Crippen molar-refractivity contribution in [3.63, 3.8) is 0 Å². The molecular formula is C18H23NO2. The van der Waals surface area contributed by atoms with Gasteiger partial charge in [0.25, 0.3) is 0 Å². The highest BCUT2D eigenvalue weighted by Gasteiger charge is 2.42. The third-order valence-electron chi connectivity index (χ3n) is 5.52. The number of hydrogen-bond acceptors (Lipinski definition) is 3. The Labute approximate surface area is 126 Å². The van der Waals surface area contributed by atoms with E-state index in [1.807, 2.05) is 12.1 Å². The SMILES string of the molecule is O=C1CCN(C2CCOC3(CCCC3)C2)c2ccccc21. The molecule has 1 atom stereocenters. The summed E-state index contributed by atoms with van der Waals surface area (Å²) in [5.41, 5.74) is 2.20. The van der Waals surface area contributed by atoms with Gasteiger partial charge in [-0.2, -0.15) is 0 Å². The van der Waals surface area contributed by atoms with Gasteiger partial charge in [0.15, 0.2) is 5.78 Å². The van der Waals surface area contributed by atoms with Crippen molar-refractivity contribution in [1.29, 1.82) is 0 Å². The minimum Gasteiger partial charge on any atom is -0.375 e. The highest BCUT2D eigenvalue weighted by Crippen LogP contribution is 2.42. The minimum absolute atomic E-state index is 0.138. The number of hydrogen-bond donors (Lipinski definition) is 0. The highest BCUT2D eigenvalue weighted by molar-refractivity contribution is 6.03. The lowest BCUT2D eigenvalue weighted by molar-refractivity contribution is -0.0800. The molecule has 1 saturated carbocycles. The Balaban J connectivity index is 1.62. The highest BCUT2D eigenvalue weighted by atomic mass is 16.5. The first-order valence-electron chi connectivity index (χ1n) is 8.30.